The molecule has 1 aliphatic heterocycles. The summed E-state index contributed by atoms with van der Waals surface area (Å²) in [5, 5.41) is 19.3. The van der Waals surface area contributed by atoms with Gasteiger partial charge in [0.05, 0.1) is 13.2 Å². The minimum absolute atomic E-state index is 0.242. The first-order valence-electron chi connectivity index (χ1n) is 9.93. The number of carboxylic acid groups (broad SMARTS) is 2. The van der Waals surface area contributed by atoms with Gasteiger partial charge in [0.1, 0.15) is 0 Å². The number of halogens is 3. The van der Waals surface area contributed by atoms with Crippen LogP contribution < -0.4 is 5.32 Å². The molecule has 1 aromatic rings. The van der Waals surface area contributed by atoms with Crippen LogP contribution in [-0.2, 0) is 25.5 Å². The molecule has 1 amide bonds. The first-order valence-corrected chi connectivity index (χ1v) is 9.93. The number of hydrogen-bond donors (Lipinski definition) is 3. The number of morpholine rings is 1. The SMILES string of the molecule is O=C(O)C(F)(F)F.O=C(O)C1(C(=O)Nc2ccc(CCN3CCOCC3)cc2)CC=CC1. The zero-order valence-electron chi connectivity index (χ0n) is 17.2. The van der Waals surface area contributed by atoms with Crippen molar-refractivity contribution in [1.29, 1.82) is 0 Å². The number of benzene rings is 1. The van der Waals surface area contributed by atoms with Gasteiger partial charge in [-0.1, -0.05) is 24.3 Å². The van der Waals surface area contributed by atoms with Gasteiger partial charge in [0.2, 0.25) is 5.91 Å². The molecule has 1 aromatic carbocycles. The van der Waals surface area contributed by atoms with Gasteiger partial charge in [-0.05, 0) is 37.0 Å². The van der Waals surface area contributed by atoms with Crippen molar-refractivity contribution in [1.82, 2.24) is 4.90 Å². The number of amides is 1. The predicted molar refractivity (Wildman–Crippen MR) is 108 cm³/mol. The van der Waals surface area contributed by atoms with E-state index in [1.807, 2.05) is 24.3 Å². The Morgan fingerprint density at radius 2 is 1.56 bits per heavy atom. The number of ether oxygens (including phenoxy) is 1. The number of anilines is 1. The maximum atomic E-state index is 12.4. The lowest BCUT2D eigenvalue weighted by molar-refractivity contribution is -0.192. The molecule has 3 N–H and O–H groups in total. The zero-order valence-corrected chi connectivity index (χ0v) is 17.2. The third-order valence-corrected chi connectivity index (χ3v) is 5.22. The number of rotatable bonds is 6. The van der Waals surface area contributed by atoms with Gasteiger partial charge in [0.25, 0.3) is 0 Å². The van der Waals surface area contributed by atoms with Gasteiger partial charge in [0.15, 0.2) is 5.41 Å². The van der Waals surface area contributed by atoms with E-state index in [1.54, 1.807) is 12.2 Å². The number of nitrogens with zero attached hydrogens (tertiary/aromatic N) is 1. The maximum absolute atomic E-state index is 12.4. The van der Waals surface area contributed by atoms with Crippen molar-refractivity contribution in [2.24, 2.45) is 5.41 Å². The minimum atomic E-state index is -5.08. The van der Waals surface area contributed by atoms with E-state index in [0.29, 0.717) is 5.69 Å². The van der Waals surface area contributed by atoms with Crippen LogP contribution in [0.1, 0.15) is 18.4 Å². The summed E-state index contributed by atoms with van der Waals surface area (Å²) in [5.41, 5.74) is 0.460. The predicted octanol–water partition coefficient (Wildman–Crippen LogP) is 2.55. The van der Waals surface area contributed by atoms with Gasteiger partial charge in [-0.15, -0.1) is 0 Å². The number of aliphatic carboxylic acids is 2. The number of alkyl halides is 3. The van der Waals surface area contributed by atoms with E-state index in [1.165, 1.54) is 5.56 Å². The second kappa shape index (κ2) is 11.1. The number of nitrogens with one attached hydrogen (secondary N) is 1. The van der Waals surface area contributed by atoms with Crippen LogP contribution in [0.3, 0.4) is 0 Å². The Kier molecular flexibility index (Phi) is 8.79. The smallest absolute Gasteiger partial charge is 0.480 e. The third kappa shape index (κ3) is 7.06. The molecule has 0 spiro atoms. The van der Waals surface area contributed by atoms with E-state index in [0.717, 1.165) is 39.3 Å². The highest BCUT2D eigenvalue weighted by molar-refractivity contribution is 6.09. The Labute approximate surface area is 182 Å². The van der Waals surface area contributed by atoms with Crippen LogP contribution in [0.2, 0.25) is 0 Å². The van der Waals surface area contributed by atoms with Gasteiger partial charge in [-0.3, -0.25) is 14.5 Å². The van der Waals surface area contributed by atoms with Crippen LogP contribution in [0.5, 0.6) is 0 Å². The maximum Gasteiger partial charge on any atom is 0.490 e. The molecule has 1 saturated heterocycles. The molecule has 0 atom stereocenters. The van der Waals surface area contributed by atoms with Crippen molar-refractivity contribution in [2.75, 3.05) is 38.2 Å². The standard InChI is InChI=1S/C19H24N2O4.C2HF3O2/c22-17(19(18(23)24)8-1-2-9-19)20-16-5-3-15(4-6-16)7-10-21-11-13-25-14-12-21;3-2(4,5)1(6)7/h1-6H,7-14H2,(H,20,22)(H,23,24);(H,6,7). The number of carbonyl (C=O) groups is 3. The summed E-state index contributed by atoms with van der Waals surface area (Å²) in [5.74, 6) is -4.28. The highest BCUT2D eigenvalue weighted by atomic mass is 19.4. The fourth-order valence-corrected chi connectivity index (χ4v) is 3.23. The van der Waals surface area contributed by atoms with Crippen molar-refractivity contribution in [2.45, 2.75) is 25.4 Å². The topological polar surface area (TPSA) is 116 Å². The lowest BCUT2D eigenvalue weighted by Gasteiger charge is -2.26. The van der Waals surface area contributed by atoms with E-state index in [4.69, 9.17) is 14.6 Å². The van der Waals surface area contributed by atoms with E-state index in [9.17, 15) is 27.9 Å². The summed E-state index contributed by atoms with van der Waals surface area (Å²) in [4.78, 5) is 35.2. The molecule has 32 heavy (non-hydrogen) atoms. The van der Waals surface area contributed by atoms with Crippen molar-refractivity contribution >= 4 is 23.5 Å². The Morgan fingerprint density at radius 1 is 1.03 bits per heavy atom. The van der Waals surface area contributed by atoms with E-state index in [2.05, 4.69) is 10.2 Å². The van der Waals surface area contributed by atoms with Crippen LogP contribution >= 0.6 is 0 Å². The van der Waals surface area contributed by atoms with Gasteiger partial charge in [0, 0.05) is 25.3 Å². The molecule has 0 unspecified atom stereocenters. The van der Waals surface area contributed by atoms with Crippen LogP contribution in [0.15, 0.2) is 36.4 Å². The molecule has 0 aromatic heterocycles. The summed E-state index contributed by atoms with van der Waals surface area (Å²) >= 11 is 0. The summed E-state index contributed by atoms with van der Waals surface area (Å²) < 4.78 is 37.1. The third-order valence-electron chi connectivity index (χ3n) is 5.22. The Morgan fingerprint density at radius 3 is 2.03 bits per heavy atom. The van der Waals surface area contributed by atoms with Crippen molar-refractivity contribution in [3.8, 4) is 0 Å². The molecule has 1 aliphatic carbocycles. The second-order valence-corrected chi connectivity index (χ2v) is 7.42. The normalized spacial score (nSPS) is 17.8. The summed E-state index contributed by atoms with van der Waals surface area (Å²) in [7, 11) is 0. The number of allylic oxidation sites excluding steroid dienone is 2. The van der Waals surface area contributed by atoms with Crippen LogP contribution in [0.4, 0.5) is 18.9 Å². The van der Waals surface area contributed by atoms with E-state index in [-0.39, 0.29) is 12.8 Å². The first-order chi connectivity index (χ1) is 15.0. The molecule has 8 nitrogen and oxygen atoms in total. The molecular formula is C21H25F3N2O6. The highest BCUT2D eigenvalue weighted by Gasteiger charge is 2.46. The fraction of sp³-hybridized carbons (Fsp3) is 0.476. The molecule has 176 valence electrons. The molecule has 2 aliphatic rings. The molecule has 1 fully saturated rings. The largest absolute Gasteiger partial charge is 0.490 e. The van der Waals surface area contributed by atoms with Crippen molar-refractivity contribution in [3.63, 3.8) is 0 Å². The molecule has 0 radical (unpaired) electrons. The first kappa shape index (κ1) is 25.3. The van der Waals surface area contributed by atoms with Crippen LogP contribution in [0, 0.1) is 5.41 Å². The lowest BCUT2D eigenvalue weighted by atomic mass is 9.84. The van der Waals surface area contributed by atoms with E-state index >= 15 is 0 Å². The minimum Gasteiger partial charge on any atom is -0.480 e. The molecular weight excluding hydrogens is 433 g/mol. The molecule has 11 heteroatoms. The van der Waals surface area contributed by atoms with Gasteiger partial charge in [-0.25, -0.2) is 4.79 Å². The zero-order chi connectivity index (χ0) is 23.8. The van der Waals surface area contributed by atoms with Crippen molar-refractivity contribution in [3.05, 3.63) is 42.0 Å². The second-order valence-electron chi connectivity index (χ2n) is 7.42. The van der Waals surface area contributed by atoms with Gasteiger partial charge in [-0.2, -0.15) is 13.2 Å². The Balaban J connectivity index is 0.000000451. The van der Waals surface area contributed by atoms with Gasteiger partial charge >= 0.3 is 18.1 Å². The monoisotopic (exact) mass is 458 g/mol. The highest BCUT2D eigenvalue weighted by Crippen LogP contribution is 2.35. The van der Waals surface area contributed by atoms with Crippen molar-refractivity contribution < 1.29 is 42.5 Å². The van der Waals surface area contributed by atoms with Crippen LogP contribution in [0.25, 0.3) is 0 Å². The number of carboxylic acids is 2. The quantitative estimate of drug-likeness (QED) is 0.443. The number of carbonyl (C=O) groups excluding carboxylic acids is 1. The summed E-state index contributed by atoms with van der Waals surface area (Å²) in [6.45, 7) is 4.53. The average Bonchev–Trinajstić information content (AvgIpc) is 3.25. The fourth-order valence-electron chi connectivity index (χ4n) is 3.23. The molecule has 0 saturated carbocycles. The summed E-state index contributed by atoms with van der Waals surface area (Å²) in [6, 6.07) is 7.64. The Hall–Kier alpha value is -2.92. The van der Waals surface area contributed by atoms with Gasteiger partial charge < -0.3 is 20.3 Å². The van der Waals surface area contributed by atoms with E-state index < -0.39 is 29.4 Å². The number of hydrogen-bond acceptors (Lipinski definition) is 5. The summed E-state index contributed by atoms with van der Waals surface area (Å²) in [6.07, 6.45) is -0.153. The lowest BCUT2D eigenvalue weighted by Crippen LogP contribution is -2.41. The molecule has 3 rings (SSSR count). The molecule has 1 heterocycles. The van der Waals surface area contributed by atoms with Crippen LogP contribution in [-0.4, -0.2) is 72.0 Å². The molecule has 0 bridgehead atoms. The average molecular weight is 458 g/mol. The Bertz CT molecular complexity index is 825.